The number of carbonyl (C=O) groups excluding carboxylic acids is 1. The summed E-state index contributed by atoms with van der Waals surface area (Å²) in [5.74, 6) is -0.311. The number of likely N-dealkylation sites (N-methyl/N-ethyl adjacent to an activating group) is 1. The summed E-state index contributed by atoms with van der Waals surface area (Å²) >= 11 is 0. The molecule has 0 atom stereocenters. The molecule has 0 heterocycles. The molecule has 0 aliphatic rings. The highest BCUT2D eigenvalue weighted by atomic mass is 32.2. The number of benzene rings is 2. The van der Waals surface area contributed by atoms with E-state index >= 15 is 0 Å². The van der Waals surface area contributed by atoms with Crippen LogP contribution in [0.25, 0.3) is 0 Å². The molecule has 0 radical (unpaired) electrons. The zero-order chi connectivity index (χ0) is 19.3. The highest BCUT2D eigenvalue weighted by Crippen LogP contribution is 2.24. The molecule has 0 saturated heterocycles. The second-order valence-corrected chi connectivity index (χ2v) is 8.56. The smallest absolute Gasteiger partial charge is 0.243 e. The van der Waals surface area contributed by atoms with Gasteiger partial charge in [-0.15, -0.1) is 0 Å². The van der Waals surface area contributed by atoms with E-state index in [1.165, 1.54) is 7.05 Å². The van der Waals surface area contributed by atoms with Gasteiger partial charge in [0.1, 0.15) is 0 Å². The van der Waals surface area contributed by atoms with Crippen LogP contribution in [0.1, 0.15) is 22.3 Å². The fraction of sp³-hybridized carbons (Fsp3) is 0.350. The quantitative estimate of drug-likeness (QED) is 0.810. The standard InChI is InChI=1S/C20H26N2O3S/c1-15-12-16(2)20(17(3)13-15)26(24,25)22(4)14-19(23)21-11-10-18-8-6-5-7-9-18/h5-9,12-13H,10-11,14H2,1-4H3,(H,21,23). The summed E-state index contributed by atoms with van der Waals surface area (Å²) in [6.45, 7) is 5.75. The van der Waals surface area contributed by atoms with Crippen molar-refractivity contribution in [3.8, 4) is 0 Å². The van der Waals surface area contributed by atoms with E-state index in [0.717, 1.165) is 15.4 Å². The maximum atomic E-state index is 12.9. The lowest BCUT2D eigenvalue weighted by Crippen LogP contribution is -2.39. The van der Waals surface area contributed by atoms with E-state index in [1.54, 1.807) is 13.8 Å². The zero-order valence-corrected chi connectivity index (χ0v) is 16.6. The number of hydrogen-bond donors (Lipinski definition) is 1. The molecular formula is C20H26N2O3S. The van der Waals surface area contributed by atoms with Crippen molar-refractivity contribution in [2.24, 2.45) is 0 Å². The van der Waals surface area contributed by atoms with Gasteiger partial charge >= 0.3 is 0 Å². The van der Waals surface area contributed by atoms with Crippen LogP contribution in [0.2, 0.25) is 0 Å². The SMILES string of the molecule is Cc1cc(C)c(S(=O)(=O)N(C)CC(=O)NCCc2ccccc2)c(C)c1. The molecule has 5 nitrogen and oxygen atoms in total. The van der Waals surface area contributed by atoms with Gasteiger partial charge in [-0.3, -0.25) is 4.79 Å². The normalized spacial score (nSPS) is 11.6. The molecule has 2 aromatic rings. The molecule has 6 heteroatoms. The van der Waals surface area contributed by atoms with Gasteiger partial charge in [-0.2, -0.15) is 4.31 Å². The number of sulfonamides is 1. The number of amides is 1. The second-order valence-electron chi connectivity index (χ2n) is 6.57. The average Bonchev–Trinajstić information content (AvgIpc) is 2.54. The monoisotopic (exact) mass is 374 g/mol. The molecule has 0 unspecified atom stereocenters. The van der Waals surface area contributed by atoms with Crippen LogP contribution >= 0.6 is 0 Å². The number of hydrogen-bond acceptors (Lipinski definition) is 3. The molecule has 140 valence electrons. The first-order chi connectivity index (χ1) is 12.2. The Morgan fingerprint density at radius 2 is 1.62 bits per heavy atom. The number of aryl methyl sites for hydroxylation is 3. The minimum atomic E-state index is -3.72. The van der Waals surface area contributed by atoms with Crippen molar-refractivity contribution in [3.63, 3.8) is 0 Å². The molecule has 0 aromatic heterocycles. The number of carbonyl (C=O) groups is 1. The Kier molecular flexibility index (Phi) is 6.56. The van der Waals surface area contributed by atoms with Gasteiger partial charge in [0.2, 0.25) is 15.9 Å². The molecule has 0 bridgehead atoms. The van der Waals surface area contributed by atoms with Gasteiger partial charge < -0.3 is 5.32 Å². The van der Waals surface area contributed by atoms with E-state index in [0.29, 0.717) is 24.1 Å². The second kappa shape index (κ2) is 8.47. The predicted molar refractivity (Wildman–Crippen MR) is 104 cm³/mol. The maximum absolute atomic E-state index is 12.9. The van der Waals surface area contributed by atoms with Crippen molar-refractivity contribution >= 4 is 15.9 Å². The molecule has 1 N–H and O–H groups in total. The van der Waals surface area contributed by atoms with Gasteiger partial charge in [0.15, 0.2) is 0 Å². The molecule has 0 saturated carbocycles. The van der Waals surface area contributed by atoms with E-state index in [4.69, 9.17) is 0 Å². The summed E-state index contributed by atoms with van der Waals surface area (Å²) in [4.78, 5) is 12.4. The van der Waals surface area contributed by atoms with E-state index in [-0.39, 0.29) is 17.3 Å². The zero-order valence-electron chi connectivity index (χ0n) is 15.7. The molecule has 2 aromatic carbocycles. The minimum absolute atomic E-state index is 0.204. The lowest BCUT2D eigenvalue weighted by molar-refractivity contribution is -0.121. The first-order valence-corrected chi connectivity index (χ1v) is 10.0. The van der Waals surface area contributed by atoms with Crippen molar-refractivity contribution in [1.82, 2.24) is 9.62 Å². The van der Waals surface area contributed by atoms with Crippen LogP contribution in [0, 0.1) is 20.8 Å². The number of rotatable bonds is 7. The van der Waals surface area contributed by atoms with Gasteiger partial charge in [-0.05, 0) is 43.9 Å². The van der Waals surface area contributed by atoms with Gasteiger partial charge in [0.05, 0.1) is 11.4 Å². The summed E-state index contributed by atoms with van der Waals surface area (Å²) in [6, 6.07) is 13.5. The Morgan fingerprint density at radius 1 is 1.04 bits per heavy atom. The fourth-order valence-electron chi connectivity index (χ4n) is 3.06. The lowest BCUT2D eigenvalue weighted by Gasteiger charge is -2.20. The molecule has 0 fully saturated rings. The molecule has 0 aliphatic carbocycles. The average molecular weight is 375 g/mol. The Bertz CT molecular complexity index is 854. The summed E-state index contributed by atoms with van der Waals surface area (Å²) in [7, 11) is -2.28. The van der Waals surface area contributed by atoms with Crippen molar-refractivity contribution < 1.29 is 13.2 Å². The van der Waals surface area contributed by atoms with Crippen LogP contribution in [-0.2, 0) is 21.2 Å². The Hall–Kier alpha value is -2.18. The molecular weight excluding hydrogens is 348 g/mol. The van der Waals surface area contributed by atoms with E-state index in [1.807, 2.05) is 49.4 Å². The number of nitrogens with zero attached hydrogens (tertiary/aromatic N) is 1. The van der Waals surface area contributed by atoms with E-state index in [2.05, 4.69) is 5.32 Å². The van der Waals surface area contributed by atoms with Crippen LogP contribution in [0.3, 0.4) is 0 Å². The van der Waals surface area contributed by atoms with Gasteiger partial charge in [0.25, 0.3) is 0 Å². The maximum Gasteiger partial charge on any atom is 0.243 e. The first kappa shape index (κ1) is 20.1. The highest BCUT2D eigenvalue weighted by molar-refractivity contribution is 7.89. The Balaban J connectivity index is 1.99. The predicted octanol–water partition coefficient (Wildman–Crippen LogP) is 2.59. The van der Waals surface area contributed by atoms with E-state index in [9.17, 15) is 13.2 Å². The molecule has 2 rings (SSSR count). The van der Waals surface area contributed by atoms with Crippen LogP contribution in [0.5, 0.6) is 0 Å². The van der Waals surface area contributed by atoms with Crippen molar-refractivity contribution in [2.75, 3.05) is 20.1 Å². The molecule has 0 spiro atoms. The third kappa shape index (κ3) is 4.93. The van der Waals surface area contributed by atoms with E-state index < -0.39 is 10.0 Å². The lowest BCUT2D eigenvalue weighted by atomic mass is 10.1. The summed E-state index contributed by atoms with van der Waals surface area (Å²) in [6.07, 6.45) is 0.708. The van der Waals surface area contributed by atoms with Gasteiger partial charge in [0, 0.05) is 13.6 Å². The molecule has 0 aliphatic heterocycles. The fourth-order valence-corrected chi connectivity index (χ4v) is 4.59. The number of nitrogens with one attached hydrogen (secondary N) is 1. The summed E-state index contributed by atoms with van der Waals surface area (Å²) < 4.78 is 26.8. The summed E-state index contributed by atoms with van der Waals surface area (Å²) in [5.41, 5.74) is 3.53. The molecule has 1 amide bonds. The highest BCUT2D eigenvalue weighted by Gasteiger charge is 2.26. The van der Waals surface area contributed by atoms with Crippen LogP contribution in [0.15, 0.2) is 47.4 Å². The van der Waals surface area contributed by atoms with Crippen molar-refractivity contribution in [1.29, 1.82) is 0 Å². The minimum Gasteiger partial charge on any atom is -0.355 e. The van der Waals surface area contributed by atoms with Gasteiger partial charge in [-0.25, -0.2) is 8.42 Å². The molecule has 26 heavy (non-hydrogen) atoms. The van der Waals surface area contributed by atoms with Crippen LogP contribution < -0.4 is 5.32 Å². The largest absolute Gasteiger partial charge is 0.355 e. The Morgan fingerprint density at radius 3 is 2.19 bits per heavy atom. The van der Waals surface area contributed by atoms with Crippen LogP contribution in [0.4, 0.5) is 0 Å². The van der Waals surface area contributed by atoms with Crippen LogP contribution in [-0.4, -0.2) is 38.8 Å². The van der Waals surface area contributed by atoms with Crippen molar-refractivity contribution in [2.45, 2.75) is 32.1 Å². The summed E-state index contributed by atoms with van der Waals surface area (Å²) in [5, 5.41) is 2.78. The first-order valence-electron chi connectivity index (χ1n) is 8.56. The van der Waals surface area contributed by atoms with Crippen molar-refractivity contribution in [3.05, 3.63) is 64.7 Å². The topological polar surface area (TPSA) is 66.5 Å². The Labute approximate surface area is 156 Å². The third-order valence-corrected chi connectivity index (χ3v) is 6.33. The van der Waals surface area contributed by atoms with Gasteiger partial charge in [-0.1, -0.05) is 48.0 Å². The third-order valence-electron chi connectivity index (χ3n) is 4.22.